The van der Waals surface area contributed by atoms with Gasteiger partial charge < -0.3 is 31.1 Å². The molecular formula is C10H14BrN5O4. The molecule has 0 amide bonds. The summed E-state index contributed by atoms with van der Waals surface area (Å²) in [4.78, 5) is 8.20. The summed E-state index contributed by atoms with van der Waals surface area (Å²) in [6.45, 7) is -0.391. The lowest BCUT2D eigenvalue weighted by Gasteiger charge is -2.21. The Labute approximate surface area is 122 Å². The van der Waals surface area contributed by atoms with Gasteiger partial charge in [0.2, 0.25) is 0 Å². The number of aliphatic imine (C=N–C) groups is 1. The number of hydrogen-bond acceptors (Lipinski definition) is 8. The maximum Gasteiger partial charge on any atom is 0.181 e. The zero-order valence-corrected chi connectivity index (χ0v) is 11.8. The van der Waals surface area contributed by atoms with Gasteiger partial charge in [0.05, 0.1) is 12.9 Å². The lowest BCUT2D eigenvalue weighted by atomic mass is 10.1. The number of nitrogens with zero attached hydrogens (tertiary/aromatic N) is 3. The van der Waals surface area contributed by atoms with Crippen LogP contribution in [0.5, 0.6) is 0 Å². The van der Waals surface area contributed by atoms with Crippen LogP contribution in [0, 0.1) is 0 Å². The normalized spacial score (nSPS) is 36.0. The van der Waals surface area contributed by atoms with Crippen molar-refractivity contribution in [2.24, 2.45) is 10.7 Å². The first-order chi connectivity index (χ1) is 9.54. The number of aliphatic hydroxyl groups excluding tert-OH is 3. The van der Waals surface area contributed by atoms with Crippen molar-refractivity contribution in [3.05, 3.63) is 10.4 Å². The summed E-state index contributed by atoms with van der Waals surface area (Å²) in [5.74, 6) is 0.522. The molecule has 6 N–H and O–H groups in total. The van der Waals surface area contributed by atoms with Crippen LogP contribution < -0.4 is 11.1 Å². The molecule has 1 unspecified atom stereocenters. The van der Waals surface area contributed by atoms with Gasteiger partial charge in [-0.25, -0.2) is 4.98 Å². The Bertz CT molecular complexity index is 550. The van der Waals surface area contributed by atoms with Crippen molar-refractivity contribution in [1.29, 1.82) is 0 Å². The van der Waals surface area contributed by atoms with E-state index in [1.54, 1.807) is 0 Å². The van der Waals surface area contributed by atoms with Crippen molar-refractivity contribution in [1.82, 2.24) is 9.55 Å². The van der Waals surface area contributed by atoms with Gasteiger partial charge in [-0.1, -0.05) is 0 Å². The first-order valence-electron chi connectivity index (χ1n) is 5.98. The van der Waals surface area contributed by atoms with E-state index in [4.69, 9.17) is 15.6 Å². The molecule has 5 atom stereocenters. The van der Waals surface area contributed by atoms with Gasteiger partial charge in [0.25, 0.3) is 0 Å². The van der Waals surface area contributed by atoms with Gasteiger partial charge in [-0.05, 0) is 15.9 Å². The number of anilines is 1. The number of aliphatic hydroxyl groups is 3. The topological polar surface area (TPSA) is 138 Å². The van der Waals surface area contributed by atoms with Crippen molar-refractivity contribution < 1.29 is 20.1 Å². The highest BCUT2D eigenvalue weighted by Crippen LogP contribution is 2.37. The zero-order chi connectivity index (χ0) is 14.4. The molecule has 0 aromatic carbocycles. The second-order valence-corrected chi connectivity index (χ2v) is 5.29. The average Bonchev–Trinajstić information content (AvgIpc) is 2.90. The fraction of sp³-hybridized carbons (Fsp3) is 0.600. The molecule has 0 saturated carbocycles. The fourth-order valence-electron chi connectivity index (χ4n) is 2.35. The molecule has 2 aliphatic rings. The van der Waals surface area contributed by atoms with Crippen molar-refractivity contribution in [2.75, 3.05) is 11.9 Å². The predicted molar refractivity (Wildman–Crippen MR) is 72.0 cm³/mol. The second kappa shape index (κ2) is 5.06. The summed E-state index contributed by atoms with van der Waals surface area (Å²) >= 11 is 3.27. The Morgan fingerprint density at radius 1 is 1.45 bits per heavy atom. The molecule has 3 rings (SSSR count). The molecule has 1 aromatic heterocycles. The SMILES string of the molecule is NC1N=CNc2c1nc(Br)n2[C@@H]1O[C@H](CO)[C@@H](O)[C@H]1O. The number of rotatable bonds is 2. The smallest absolute Gasteiger partial charge is 0.181 e. The molecule has 0 aliphatic carbocycles. The first kappa shape index (κ1) is 13.9. The molecule has 1 aromatic rings. The van der Waals surface area contributed by atoms with E-state index in [1.165, 1.54) is 10.9 Å². The van der Waals surface area contributed by atoms with Gasteiger partial charge >= 0.3 is 0 Å². The molecule has 20 heavy (non-hydrogen) atoms. The maximum atomic E-state index is 10.1. The highest BCUT2D eigenvalue weighted by molar-refractivity contribution is 9.10. The number of nitrogens with one attached hydrogen (secondary N) is 1. The molecule has 1 fully saturated rings. The second-order valence-electron chi connectivity index (χ2n) is 4.58. The summed E-state index contributed by atoms with van der Waals surface area (Å²) in [5.41, 5.74) is 6.31. The summed E-state index contributed by atoms with van der Waals surface area (Å²) in [6.07, 6.45) is -3.30. The number of ether oxygens (including phenoxy) is 1. The monoisotopic (exact) mass is 347 g/mol. The van der Waals surface area contributed by atoms with E-state index in [9.17, 15) is 10.2 Å². The number of imidazole rings is 1. The van der Waals surface area contributed by atoms with Crippen LogP contribution in [-0.2, 0) is 4.74 Å². The van der Waals surface area contributed by atoms with Crippen LogP contribution in [0.2, 0.25) is 0 Å². The van der Waals surface area contributed by atoms with Crippen molar-refractivity contribution >= 4 is 28.1 Å². The van der Waals surface area contributed by atoms with Crippen molar-refractivity contribution in [3.8, 4) is 0 Å². The van der Waals surface area contributed by atoms with E-state index in [-0.39, 0.29) is 0 Å². The van der Waals surface area contributed by atoms with Gasteiger partial charge in [-0.15, -0.1) is 0 Å². The van der Waals surface area contributed by atoms with Gasteiger partial charge in [-0.3, -0.25) is 9.56 Å². The lowest BCUT2D eigenvalue weighted by Crippen LogP contribution is -2.33. The minimum atomic E-state index is -1.20. The highest BCUT2D eigenvalue weighted by Gasteiger charge is 2.45. The average molecular weight is 348 g/mol. The molecule has 2 aliphatic heterocycles. The third-order valence-corrected chi connectivity index (χ3v) is 3.94. The van der Waals surface area contributed by atoms with Crippen LogP contribution in [0.4, 0.5) is 5.82 Å². The Kier molecular flexibility index (Phi) is 3.52. The van der Waals surface area contributed by atoms with E-state index in [0.717, 1.165) is 0 Å². The van der Waals surface area contributed by atoms with Crippen LogP contribution in [0.15, 0.2) is 9.73 Å². The standard InChI is InChI=1S/C10H14BrN5O4/c11-10-15-4-7(12)13-2-14-8(4)16(10)9-6(19)5(18)3(1-17)20-9/h2-3,5-7,9,17-19H,1,12H2,(H,13,14)/t3-,5-,6-,7?,9-/m1/s1. The van der Waals surface area contributed by atoms with E-state index in [2.05, 4.69) is 31.2 Å². The van der Waals surface area contributed by atoms with E-state index in [1.807, 2.05) is 0 Å². The molecule has 0 spiro atoms. The Balaban J connectivity index is 2.00. The highest BCUT2D eigenvalue weighted by atomic mass is 79.9. The largest absolute Gasteiger partial charge is 0.394 e. The number of fused-ring (bicyclic) bond motifs is 1. The summed E-state index contributed by atoms with van der Waals surface area (Å²) in [7, 11) is 0. The first-order valence-corrected chi connectivity index (χ1v) is 6.77. The van der Waals surface area contributed by atoms with Crippen molar-refractivity contribution in [3.63, 3.8) is 0 Å². The third-order valence-electron chi connectivity index (χ3n) is 3.38. The summed E-state index contributed by atoms with van der Waals surface area (Å²) < 4.78 is 7.39. The van der Waals surface area contributed by atoms with Gasteiger partial charge in [0.15, 0.2) is 11.0 Å². The summed E-state index contributed by atoms with van der Waals surface area (Å²) in [6, 6.07) is 0. The van der Waals surface area contributed by atoms with Crippen LogP contribution in [0.3, 0.4) is 0 Å². The van der Waals surface area contributed by atoms with E-state index in [0.29, 0.717) is 16.2 Å². The lowest BCUT2D eigenvalue weighted by molar-refractivity contribution is -0.0528. The quantitative estimate of drug-likeness (QED) is 0.446. The molecule has 0 radical (unpaired) electrons. The molecule has 0 bridgehead atoms. The predicted octanol–water partition coefficient (Wildman–Crippen LogP) is -1.33. The van der Waals surface area contributed by atoms with Gasteiger partial charge in [0, 0.05) is 0 Å². The Morgan fingerprint density at radius 2 is 2.20 bits per heavy atom. The number of hydrogen-bond donors (Lipinski definition) is 5. The van der Waals surface area contributed by atoms with Crippen molar-refractivity contribution in [2.45, 2.75) is 30.7 Å². The van der Waals surface area contributed by atoms with Crippen LogP contribution >= 0.6 is 15.9 Å². The maximum absolute atomic E-state index is 10.1. The number of halogens is 1. The van der Waals surface area contributed by atoms with E-state index < -0.39 is 37.3 Å². The Hall–Kier alpha value is -1.04. The molecule has 9 nitrogen and oxygen atoms in total. The summed E-state index contributed by atoms with van der Waals surface area (Å²) in [5, 5.41) is 31.9. The molecule has 10 heteroatoms. The van der Waals surface area contributed by atoms with Gasteiger partial charge in [0.1, 0.15) is 36.0 Å². The minimum Gasteiger partial charge on any atom is -0.394 e. The third kappa shape index (κ3) is 1.96. The molecular weight excluding hydrogens is 334 g/mol. The van der Waals surface area contributed by atoms with Gasteiger partial charge in [-0.2, -0.15) is 0 Å². The Morgan fingerprint density at radius 3 is 2.85 bits per heavy atom. The molecule has 110 valence electrons. The molecule has 1 saturated heterocycles. The number of aromatic nitrogens is 2. The fourth-order valence-corrected chi connectivity index (χ4v) is 2.92. The zero-order valence-electron chi connectivity index (χ0n) is 10.2. The minimum absolute atomic E-state index is 0.380. The molecule has 3 heterocycles. The van der Waals surface area contributed by atoms with Crippen LogP contribution in [0.25, 0.3) is 0 Å². The van der Waals surface area contributed by atoms with Crippen LogP contribution in [-0.4, -0.2) is 56.1 Å². The van der Waals surface area contributed by atoms with Crippen LogP contribution in [0.1, 0.15) is 18.1 Å². The number of nitrogens with two attached hydrogens (primary N) is 1. The van der Waals surface area contributed by atoms with E-state index >= 15 is 0 Å².